The summed E-state index contributed by atoms with van der Waals surface area (Å²) in [6, 6.07) is 0. The van der Waals surface area contributed by atoms with Crippen molar-refractivity contribution in [2.75, 3.05) is 13.2 Å². The van der Waals surface area contributed by atoms with Crippen molar-refractivity contribution in [1.82, 2.24) is 0 Å². The zero-order valence-electron chi connectivity index (χ0n) is 52.4. The zero-order chi connectivity index (χ0) is 59.1. The fourth-order valence-corrected chi connectivity index (χ4v) is 8.53. The summed E-state index contributed by atoms with van der Waals surface area (Å²) >= 11 is 0. The van der Waals surface area contributed by atoms with Crippen LogP contribution < -0.4 is 0 Å². The quantitative estimate of drug-likeness (QED) is 0.0373. The van der Waals surface area contributed by atoms with Crippen LogP contribution >= 0.6 is 0 Å². The predicted octanol–water partition coefficient (Wildman–Crippen LogP) is 23.2. The summed E-state index contributed by atoms with van der Waals surface area (Å²) in [7, 11) is 0. The van der Waals surface area contributed by atoms with E-state index in [-0.39, 0.29) is 25.2 Å². The van der Waals surface area contributed by atoms with Gasteiger partial charge in [0.1, 0.15) is 6.61 Å². The Bertz CT molecular complexity index is 1900. The molecule has 0 aliphatic rings. The highest BCUT2D eigenvalue weighted by molar-refractivity contribution is 5.70. The molecule has 0 radical (unpaired) electrons. The molecule has 0 aromatic heterocycles. The third-order valence-corrected chi connectivity index (χ3v) is 13.4. The fraction of sp³-hybridized carbons (Fsp3) is 0.558. The van der Waals surface area contributed by atoms with Gasteiger partial charge in [0.2, 0.25) is 0 Å². The van der Waals surface area contributed by atoms with Gasteiger partial charge >= 0.3 is 11.9 Å². The molecule has 0 fully saturated rings. The monoisotopic (exact) mass is 1120 g/mol. The molecule has 5 nitrogen and oxygen atoms in total. The molecule has 0 saturated heterocycles. The summed E-state index contributed by atoms with van der Waals surface area (Å²) in [5.41, 5.74) is 0. The lowest BCUT2D eigenvalue weighted by Gasteiger charge is -2.15. The van der Waals surface area contributed by atoms with E-state index in [0.717, 1.165) is 154 Å². The number of allylic oxidation sites excluding steroid dienone is 32. The van der Waals surface area contributed by atoms with Gasteiger partial charge in [-0.1, -0.05) is 298 Å². The van der Waals surface area contributed by atoms with Gasteiger partial charge in [-0.05, 0) is 141 Å². The summed E-state index contributed by atoms with van der Waals surface area (Å²) in [4.78, 5) is 24.6. The molecular weight excluding hydrogens is 1000 g/mol. The number of unbranched alkanes of at least 4 members (excludes halogenated alkanes) is 18. The van der Waals surface area contributed by atoms with Crippen molar-refractivity contribution >= 4 is 11.9 Å². The number of ether oxygens (including phenoxy) is 2. The van der Waals surface area contributed by atoms with Gasteiger partial charge in [-0.25, -0.2) is 0 Å². The van der Waals surface area contributed by atoms with Crippen molar-refractivity contribution in [1.29, 1.82) is 0 Å². The molecule has 0 aromatic carbocycles. The molecule has 5 heteroatoms. The van der Waals surface area contributed by atoms with E-state index in [1.54, 1.807) is 0 Å². The van der Waals surface area contributed by atoms with Gasteiger partial charge in [0.15, 0.2) is 6.10 Å². The van der Waals surface area contributed by atoms with Crippen LogP contribution in [0, 0.1) is 0 Å². The molecule has 0 rings (SSSR count). The summed E-state index contributed by atoms with van der Waals surface area (Å²) in [6.45, 7) is 3.90. The lowest BCUT2D eigenvalue weighted by molar-refractivity contribution is -0.161. The highest BCUT2D eigenvalue weighted by atomic mass is 16.6. The lowest BCUT2D eigenvalue weighted by atomic mass is 10.1. The van der Waals surface area contributed by atoms with Gasteiger partial charge in [0, 0.05) is 12.8 Å². The highest BCUT2D eigenvalue weighted by Gasteiger charge is 2.16. The third kappa shape index (κ3) is 67.2. The van der Waals surface area contributed by atoms with E-state index in [0.29, 0.717) is 12.8 Å². The number of carbonyl (C=O) groups excluding carboxylic acids is 2. The maximum atomic E-state index is 12.4. The molecule has 0 aliphatic heterocycles. The molecule has 82 heavy (non-hydrogen) atoms. The van der Waals surface area contributed by atoms with Gasteiger partial charge in [-0.2, -0.15) is 0 Å². The molecule has 0 heterocycles. The Hall–Kier alpha value is -5.26. The van der Waals surface area contributed by atoms with Crippen molar-refractivity contribution in [2.45, 2.75) is 264 Å². The zero-order valence-corrected chi connectivity index (χ0v) is 52.4. The molecule has 0 aliphatic carbocycles. The minimum Gasteiger partial charge on any atom is -0.462 e. The second-order valence-electron chi connectivity index (χ2n) is 21.1. The average molecular weight is 1130 g/mol. The van der Waals surface area contributed by atoms with E-state index in [4.69, 9.17) is 9.47 Å². The Kier molecular flexibility index (Phi) is 65.5. The third-order valence-electron chi connectivity index (χ3n) is 13.4. The average Bonchev–Trinajstić information content (AvgIpc) is 3.49. The number of hydrogen-bond donors (Lipinski definition) is 1. The van der Waals surface area contributed by atoms with E-state index in [1.165, 1.54) is 77.0 Å². The van der Waals surface area contributed by atoms with Crippen LogP contribution in [0.3, 0.4) is 0 Å². The van der Waals surface area contributed by atoms with Crippen LogP contribution in [0.5, 0.6) is 0 Å². The molecule has 1 atom stereocenters. The summed E-state index contributed by atoms with van der Waals surface area (Å²) in [5, 5.41) is 9.69. The Morgan fingerprint density at radius 3 is 0.732 bits per heavy atom. The number of rotatable bonds is 58. The number of hydrogen-bond acceptors (Lipinski definition) is 5. The minimum atomic E-state index is -0.795. The number of esters is 2. The molecule has 0 saturated carbocycles. The first-order valence-electron chi connectivity index (χ1n) is 33.0. The van der Waals surface area contributed by atoms with E-state index < -0.39 is 6.10 Å². The first kappa shape index (κ1) is 76.7. The SMILES string of the molecule is CC/C=C\C/C=C\C/C=C\C/C=C\C/C=C\C/C=C\C/C=C\C/C=C\C/C=C\CCCCCCCCCCCC(=O)OC(CO)COC(=O)CCCCCCCCCCC/C=C\C/C=C\C/C=C\C/C=C\C/C=C\C/C=C\C/C=C\CC. The van der Waals surface area contributed by atoms with Gasteiger partial charge in [0.25, 0.3) is 0 Å². The van der Waals surface area contributed by atoms with Crippen molar-refractivity contribution in [3.05, 3.63) is 194 Å². The van der Waals surface area contributed by atoms with Gasteiger partial charge in [-0.15, -0.1) is 0 Å². The Morgan fingerprint density at radius 1 is 0.280 bits per heavy atom. The molecule has 1 N–H and O–H groups in total. The Balaban J connectivity index is 3.61. The van der Waals surface area contributed by atoms with Gasteiger partial charge in [-0.3, -0.25) is 9.59 Å². The highest BCUT2D eigenvalue weighted by Crippen LogP contribution is 2.15. The number of aliphatic hydroxyl groups excluding tert-OH is 1. The minimum absolute atomic E-state index is 0.0836. The topological polar surface area (TPSA) is 72.8 Å². The number of aliphatic hydroxyl groups is 1. The first-order valence-corrected chi connectivity index (χ1v) is 33.0. The van der Waals surface area contributed by atoms with Crippen molar-refractivity contribution < 1.29 is 24.2 Å². The van der Waals surface area contributed by atoms with Crippen LogP contribution in [-0.4, -0.2) is 36.4 Å². The molecule has 0 amide bonds. The predicted molar refractivity (Wildman–Crippen MR) is 361 cm³/mol. The van der Waals surface area contributed by atoms with Crippen LogP contribution in [0.4, 0.5) is 0 Å². The van der Waals surface area contributed by atoms with Crippen LogP contribution in [0.2, 0.25) is 0 Å². The Morgan fingerprint density at radius 2 is 0.488 bits per heavy atom. The van der Waals surface area contributed by atoms with E-state index in [9.17, 15) is 14.7 Å². The molecule has 1 unspecified atom stereocenters. The maximum absolute atomic E-state index is 12.4. The van der Waals surface area contributed by atoms with Crippen LogP contribution in [0.1, 0.15) is 258 Å². The van der Waals surface area contributed by atoms with E-state index in [2.05, 4.69) is 208 Å². The second-order valence-corrected chi connectivity index (χ2v) is 21.1. The van der Waals surface area contributed by atoms with Crippen LogP contribution in [0.15, 0.2) is 194 Å². The second kappa shape index (κ2) is 70.0. The van der Waals surface area contributed by atoms with Crippen molar-refractivity contribution in [3.8, 4) is 0 Å². The lowest BCUT2D eigenvalue weighted by Crippen LogP contribution is -2.28. The molecule has 0 bridgehead atoms. The summed E-state index contributed by atoms with van der Waals surface area (Å²) < 4.78 is 10.7. The van der Waals surface area contributed by atoms with Crippen molar-refractivity contribution in [3.63, 3.8) is 0 Å². The van der Waals surface area contributed by atoms with E-state index >= 15 is 0 Å². The van der Waals surface area contributed by atoms with Crippen LogP contribution in [0.25, 0.3) is 0 Å². The normalized spacial score (nSPS) is 13.5. The fourth-order valence-electron chi connectivity index (χ4n) is 8.53. The van der Waals surface area contributed by atoms with Gasteiger partial charge < -0.3 is 14.6 Å². The summed E-state index contributed by atoms with van der Waals surface area (Å²) in [6.07, 6.45) is 111. The molecule has 458 valence electrons. The Labute approximate surface area is 505 Å². The molecule has 0 spiro atoms. The molecule has 0 aromatic rings. The van der Waals surface area contributed by atoms with Crippen LogP contribution in [-0.2, 0) is 19.1 Å². The van der Waals surface area contributed by atoms with Gasteiger partial charge in [0.05, 0.1) is 6.61 Å². The molecular formula is C77H120O5. The number of carbonyl (C=O) groups is 2. The smallest absolute Gasteiger partial charge is 0.306 e. The maximum Gasteiger partial charge on any atom is 0.306 e. The summed E-state index contributed by atoms with van der Waals surface area (Å²) in [5.74, 6) is -0.616. The first-order chi connectivity index (χ1) is 40.6. The van der Waals surface area contributed by atoms with Crippen molar-refractivity contribution in [2.24, 2.45) is 0 Å². The van der Waals surface area contributed by atoms with E-state index in [1.807, 2.05) is 0 Å². The standard InChI is InChI=1S/C77H120O5/c1-3-5-7-9-11-13-15-17-19-21-23-25-27-29-31-33-35-36-37-38-39-40-42-44-46-48-50-52-54-56-58-60-62-64-66-68-70-72-77(80)82-75(73-78)74-81-76(79)71-69-67-65-63-61-59-57-55-53-51-49-47-45-43-41-34-32-30-28-26-24-22-20-18-16-14-12-10-8-6-4-2/h5-8,11-14,17-20,23-26,29-32,35-36,38-39,41-44,47-50,75,78H,3-4,9-10,15-16,21-22,27-28,33-34,37,40,45-46,51-74H2,1-2H3/b7-5-,8-6-,13-11-,14-12-,19-17-,20-18-,25-23-,26-24-,31-29-,32-30-,36-35-,39-38-,43-41-,44-42-,49-47-,50-48-. The largest absolute Gasteiger partial charge is 0.462 e.